The Morgan fingerprint density at radius 1 is 1.27 bits per heavy atom. The summed E-state index contributed by atoms with van der Waals surface area (Å²) in [4.78, 5) is 8.32. The molecule has 0 aliphatic rings. The molecule has 2 heterocycles. The van der Waals surface area contributed by atoms with E-state index in [1.165, 1.54) is 0 Å². The van der Waals surface area contributed by atoms with E-state index in [-0.39, 0.29) is 0 Å². The Labute approximate surface area is 103 Å². The topological polar surface area (TPSA) is 64.9 Å². The van der Waals surface area contributed by atoms with Gasteiger partial charge in [-0.25, -0.2) is 9.97 Å². The fourth-order valence-electron chi connectivity index (χ4n) is 1.16. The molecule has 2 aromatic heterocycles. The van der Waals surface area contributed by atoms with Gasteiger partial charge in [0, 0.05) is 17.8 Å². The van der Waals surface area contributed by atoms with E-state index in [1.54, 1.807) is 12.1 Å². The van der Waals surface area contributed by atoms with Crippen molar-refractivity contribution in [1.82, 2.24) is 9.97 Å². The lowest BCUT2D eigenvalue weighted by Crippen LogP contribution is -1.96. The van der Waals surface area contributed by atoms with Gasteiger partial charge in [0.1, 0.15) is 5.82 Å². The number of aryl methyl sites for hydroxylation is 1. The van der Waals surface area contributed by atoms with E-state index < -0.39 is 0 Å². The van der Waals surface area contributed by atoms with Gasteiger partial charge in [-0.3, -0.25) is 0 Å². The number of anilines is 1. The first kappa shape index (κ1) is 10.6. The van der Waals surface area contributed by atoms with E-state index in [0.29, 0.717) is 22.1 Å². The maximum absolute atomic E-state index is 5.63. The van der Waals surface area contributed by atoms with Crippen LogP contribution in [0.4, 0.5) is 5.82 Å². The highest BCUT2D eigenvalue weighted by atomic mass is 79.9. The molecular formula is C9H7Br2N3O. The molecule has 78 valence electrons. The van der Waals surface area contributed by atoms with Crippen LogP contribution in [0.25, 0.3) is 11.6 Å². The summed E-state index contributed by atoms with van der Waals surface area (Å²) in [5.74, 6) is 1.49. The van der Waals surface area contributed by atoms with Crippen LogP contribution in [-0.4, -0.2) is 9.97 Å². The normalized spacial score (nSPS) is 10.6. The summed E-state index contributed by atoms with van der Waals surface area (Å²) >= 11 is 6.57. The molecule has 15 heavy (non-hydrogen) atoms. The Kier molecular flexibility index (Phi) is 2.79. The van der Waals surface area contributed by atoms with Crippen molar-refractivity contribution in [3.8, 4) is 11.6 Å². The second kappa shape index (κ2) is 3.94. The van der Waals surface area contributed by atoms with Gasteiger partial charge in [0.25, 0.3) is 0 Å². The van der Waals surface area contributed by atoms with E-state index in [0.717, 1.165) is 10.2 Å². The highest BCUT2D eigenvalue weighted by molar-refractivity contribution is 9.13. The quantitative estimate of drug-likeness (QED) is 0.871. The first-order valence-corrected chi connectivity index (χ1v) is 5.71. The number of halogens is 2. The van der Waals surface area contributed by atoms with Crippen LogP contribution < -0.4 is 5.73 Å². The molecule has 0 spiro atoms. The van der Waals surface area contributed by atoms with Crippen LogP contribution in [0.3, 0.4) is 0 Å². The zero-order valence-electron chi connectivity index (χ0n) is 7.79. The summed E-state index contributed by atoms with van der Waals surface area (Å²) in [7, 11) is 0. The maximum atomic E-state index is 5.63. The van der Waals surface area contributed by atoms with Gasteiger partial charge >= 0.3 is 0 Å². The van der Waals surface area contributed by atoms with Crippen molar-refractivity contribution >= 4 is 37.7 Å². The van der Waals surface area contributed by atoms with Crippen molar-refractivity contribution in [2.45, 2.75) is 6.92 Å². The first-order chi connectivity index (χ1) is 7.06. The predicted octanol–water partition coefficient (Wildman–Crippen LogP) is 3.15. The van der Waals surface area contributed by atoms with E-state index >= 15 is 0 Å². The second-order valence-electron chi connectivity index (χ2n) is 2.99. The molecule has 6 heteroatoms. The minimum Gasteiger partial charge on any atom is -0.445 e. The number of furan rings is 1. The molecule has 0 aromatic carbocycles. The van der Waals surface area contributed by atoms with E-state index in [1.807, 2.05) is 6.92 Å². The zero-order valence-corrected chi connectivity index (χ0v) is 11.0. The SMILES string of the molecule is Cc1cc(N)nc(-c2cc(Br)c(Br)o2)n1. The van der Waals surface area contributed by atoms with Crippen LogP contribution in [0.5, 0.6) is 0 Å². The van der Waals surface area contributed by atoms with Crippen molar-refractivity contribution < 1.29 is 4.42 Å². The largest absolute Gasteiger partial charge is 0.445 e. The number of hydrogen-bond acceptors (Lipinski definition) is 4. The molecule has 0 aliphatic carbocycles. The molecule has 0 amide bonds. The van der Waals surface area contributed by atoms with Gasteiger partial charge in [-0.1, -0.05) is 0 Å². The van der Waals surface area contributed by atoms with E-state index in [4.69, 9.17) is 10.2 Å². The Hall–Kier alpha value is -0.880. The second-order valence-corrected chi connectivity index (χ2v) is 4.56. The Morgan fingerprint density at radius 3 is 2.53 bits per heavy atom. The fraction of sp³-hybridized carbons (Fsp3) is 0.111. The number of nitrogens with zero attached hydrogens (tertiary/aromatic N) is 2. The Bertz CT molecular complexity index is 470. The minimum atomic E-state index is 0.432. The van der Waals surface area contributed by atoms with Crippen molar-refractivity contribution in [2.75, 3.05) is 5.73 Å². The number of aromatic nitrogens is 2. The third-order valence-corrected chi connectivity index (χ3v) is 3.45. The number of nitrogen functional groups attached to an aromatic ring is 1. The van der Waals surface area contributed by atoms with Gasteiger partial charge < -0.3 is 10.2 Å². The van der Waals surface area contributed by atoms with Crippen LogP contribution in [0.1, 0.15) is 5.69 Å². The summed E-state index contributed by atoms with van der Waals surface area (Å²) in [5.41, 5.74) is 6.43. The molecule has 4 nitrogen and oxygen atoms in total. The van der Waals surface area contributed by atoms with Crippen LogP contribution in [0.15, 0.2) is 25.7 Å². The Balaban J connectivity index is 2.53. The first-order valence-electron chi connectivity index (χ1n) is 4.12. The van der Waals surface area contributed by atoms with Crippen molar-refractivity contribution in [2.24, 2.45) is 0 Å². The molecule has 0 saturated heterocycles. The summed E-state index contributed by atoms with van der Waals surface area (Å²) < 4.78 is 6.83. The third-order valence-electron chi connectivity index (χ3n) is 1.74. The van der Waals surface area contributed by atoms with Gasteiger partial charge in [0.05, 0.1) is 4.47 Å². The molecule has 2 N–H and O–H groups in total. The lowest BCUT2D eigenvalue weighted by molar-refractivity contribution is 0.549. The maximum Gasteiger partial charge on any atom is 0.197 e. The molecule has 0 unspecified atom stereocenters. The molecule has 0 radical (unpaired) electrons. The van der Waals surface area contributed by atoms with Gasteiger partial charge in [0.2, 0.25) is 0 Å². The predicted molar refractivity (Wildman–Crippen MR) is 64.3 cm³/mol. The molecule has 0 bridgehead atoms. The number of rotatable bonds is 1. The van der Waals surface area contributed by atoms with Crippen molar-refractivity contribution in [3.05, 3.63) is 27.0 Å². The molecule has 2 rings (SSSR count). The number of hydrogen-bond donors (Lipinski definition) is 1. The van der Waals surface area contributed by atoms with Crippen LogP contribution >= 0.6 is 31.9 Å². The average Bonchev–Trinajstić information content (AvgIpc) is 2.45. The van der Waals surface area contributed by atoms with Crippen LogP contribution in [0, 0.1) is 6.92 Å². The van der Waals surface area contributed by atoms with Gasteiger partial charge in [-0.2, -0.15) is 0 Å². The molecule has 2 aromatic rings. The van der Waals surface area contributed by atoms with Crippen molar-refractivity contribution in [1.29, 1.82) is 0 Å². The lowest BCUT2D eigenvalue weighted by atomic mass is 10.3. The van der Waals surface area contributed by atoms with Gasteiger partial charge in [-0.15, -0.1) is 0 Å². The van der Waals surface area contributed by atoms with Gasteiger partial charge in [0.15, 0.2) is 16.3 Å². The highest BCUT2D eigenvalue weighted by Crippen LogP contribution is 2.31. The molecular weight excluding hydrogens is 326 g/mol. The standard InChI is InChI=1S/C9H7Br2N3O/c1-4-2-7(12)14-9(13-4)6-3-5(10)8(11)15-6/h2-3H,1H3,(H2,12,13,14). The summed E-state index contributed by atoms with van der Waals surface area (Å²) in [6.07, 6.45) is 0. The average molecular weight is 333 g/mol. The third kappa shape index (κ3) is 2.21. The zero-order chi connectivity index (χ0) is 11.0. The molecule has 0 saturated carbocycles. The highest BCUT2D eigenvalue weighted by Gasteiger charge is 2.11. The Morgan fingerprint density at radius 2 is 2.00 bits per heavy atom. The van der Waals surface area contributed by atoms with E-state index in [9.17, 15) is 0 Å². The lowest BCUT2D eigenvalue weighted by Gasteiger charge is -1.99. The molecule has 0 fully saturated rings. The van der Waals surface area contributed by atoms with Crippen molar-refractivity contribution in [3.63, 3.8) is 0 Å². The summed E-state index contributed by atoms with van der Waals surface area (Å²) in [6, 6.07) is 3.49. The summed E-state index contributed by atoms with van der Waals surface area (Å²) in [6.45, 7) is 1.86. The smallest absolute Gasteiger partial charge is 0.197 e. The fourth-order valence-corrected chi connectivity index (χ4v) is 1.74. The molecule has 0 atom stereocenters. The minimum absolute atomic E-state index is 0.432. The van der Waals surface area contributed by atoms with E-state index in [2.05, 4.69) is 41.8 Å². The monoisotopic (exact) mass is 331 g/mol. The number of nitrogens with two attached hydrogens (primary N) is 1. The van der Waals surface area contributed by atoms with Crippen LogP contribution in [-0.2, 0) is 0 Å². The van der Waals surface area contributed by atoms with Crippen LogP contribution in [0.2, 0.25) is 0 Å². The molecule has 0 aliphatic heterocycles. The van der Waals surface area contributed by atoms with Gasteiger partial charge in [-0.05, 0) is 38.8 Å². The summed E-state index contributed by atoms with van der Waals surface area (Å²) in [5, 5.41) is 0.